The number of anilines is 1. The number of hydrogen-bond acceptors (Lipinski definition) is 4. The molecule has 100 valence electrons. The average Bonchev–Trinajstić information content (AvgIpc) is 3.04. The number of imidazole rings is 1. The topological polar surface area (TPSA) is 80.5 Å². The zero-order valence-corrected chi connectivity index (χ0v) is 11.1. The summed E-state index contributed by atoms with van der Waals surface area (Å²) in [6.07, 6.45) is 3.73. The van der Waals surface area contributed by atoms with Crippen LogP contribution in [-0.4, -0.2) is 19.9 Å². The molecule has 20 heavy (non-hydrogen) atoms. The molecule has 0 saturated carbocycles. The molecule has 0 aliphatic heterocycles. The number of aromatic nitrogens is 4. The molecular formula is C15H15N5. The zero-order valence-electron chi connectivity index (χ0n) is 11.1. The van der Waals surface area contributed by atoms with Gasteiger partial charge in [-0.2, -0.15) is 0 Å². The van der Waals surface area contributed by atoms with Gasteiger partial charge in [-0.1, -0.05) is 12.1 Å². The minimum Gasteiger partial charge on any atom is -0.383 e. The summed E-state index contributed by atoms with van der Waals surface area (Å²) < 4.78 is 0. The Labute approximate surface area is 116 Å². The molecule has 0 amide bonds. The lowest BCUT2D eigenvalue weighted by Gasteiger charge is -2.05. The van der Waals surface area contributed by atoms with Crippen LogP contribution in [0.4, 0.5) is 5.82 Å². The van der Waals surface area contributed by atoms with Crippen LogP contribution in [0.25, 0.3) is 11.0 Å². The van der Waals surface area contributed by atoms with Crippen LogP contribution < -0.4 is 5.73 Å². The number of H-pyrrole nitrogens is 1. The Morgan fingerprint density at radius 1 is 1.10 bits per heavy atom. The molecule has 0 spiro atoms. The minimum absolute atomic E-state index is 0.589. The summed E-state index contributed by atoms with van der Waals surface area (Å²) in [6, 6.07) is 7.99. The number of aryl methyl sites for hydroxylation is 1. The summed E-state index contributed by atoms with van der Waals surface area (Å²) in [7, 11) is 0. The fourth-order valence-electron chi connectivity index (χ4n) is 2.83. The van der Waals surface area contributed by atoms with Crippen molar-refractivity contribution in [3.63, 3.8) is 0 Å². The number of nitrogens with one attached hydrogen (secondary N) is 1. The van der Waals surface area contributed by atoms with Crippen LogP contribution in [0, 0.1) is 0 Å². The Morgan fingerprint density at radius 3 is 2.90 bits per heavy atom. The van der Waals surface area contributed by atoms with Crippen LogP contribution in [0.1, 0.15) is 29.3 Å². The molecule has 0 unspecified atom stereocenters. The highest BCUT2D eigenvalue weighted by Crippen LogP contribution is 2.24. The molecule has 0 atom stereocenters. The van der Waals surface area contributed by atoms with E-state index in [9.17, 15) is 0 Å². The Balaban J connectivity index is 1.70. The molecule has 5 heteroatoms. The molecule has 0 bridgehead atoms. The van der Waals surface area contributed by atoms with Gasteiger partial charge in [0.05, 0.1) is 17.5 Å². The van der Waals surface area contributed by atoms with Crippen LogP contribution in [-0.2, 0) is 19.3 Å². The van der Waals surface area contributed by atoms with E-state index in [-0.39, 0.29) is 0 Å². The molecule has 5 nitrogen and oxygen atoms in total. The average molecular weight is 265 g/mol. The molecule has 0 saturated heterocycles. The number of nitrogens with two attached hydrogens (primary N) is 1. The van der Waals surface area contributed by atoms with Crippen molar-refractivity contribution in [3.8, 4) is 0 Å². The molecular weight excluding hydrogens is 250 g/mol. The standard InChI is InChI=1S/C15H15N5/c16-15-9-4-3-7-10(9)17-14(20-15)8-13-18-11-5-1-2-6-12(11)19-13/h1-2,5-6H,3-4,7-8H2,(H,18,19)(H2,16,17,20). The van der Waals surface area contributed by atoms with Gasteiger partial charge in [0.1, 0.15) is 17.5 Å². The van der Waals surface area contributed by atoms with E-state index >= 15 is 0 Å². The fraction of sp³-hybridized carbons (Fsp3) is 0.267. The van der Waals surface area contributed by atoms with Crippen LogP contribution in [0.3, 0.4) is 0 Å². The molecule has 2 aromatic heterocycles. The highest BCUT2D eigenvalue weighted by Gasteiger charge is 2.18. The van der Waals surface area contributed by atoms with Crippen molar-refractivity contribution in [1.29, 1.82) is 0 Å². The van der Waals surface area contributed by atoms with Gasteiger partial charge in [-0.3, -0.25) is 0 Å². The van der Waals surface area contributed by atoms with Gasteiger partial charge in [0.25, 0.3) is 0 Å². The van der Waals surface area contributed by atoms with Crippen LogP contribution >= 0.6 is 0 Å². The van der Waals surface area contributed by atoms with Crippen molar-refractivity contribution in [3.05, 3.63) is 47.2 Å². The second-order valence-corrected chi connectivity index (χ2v) is 5.18. The first-order valence-corrected chi connectivity index (χ1v) is 6.87. The SMILES string of the molecule is Nc1nc(Cc2nc3ccccc3[nH]2)nc2c1CCC2. The molecule has 1 aliphatic carbocycles. The molecule has 1 aromatic carbocycles. The number of fused-ring (bicyclic) bond motifs is 2. The van der Waals surface area contributed by atoms with Gasteiger partial charge in [0.2, 0.25) is 0 Å². The Kier molecular flexibility index (Phi) is 2.45. The van der Waals surface area contributed by atoms with E-state index < -0.39 is 0 Å². The van der Waals surface area contributed by atoms with Crippen molar-refractivity contribution in [2.24, 2.45) is 0 Å². The first-order valence-electron chi connectivity index (χ1n) is 6.87. The molecule has 2 heterocycles. The number of rotatable bonds is 2. The van der Waals surface area contributed by atoms with Crippen molar-refractivity contribution >= 4 is 16.9 Å². The number of para-hydroxylation sites is 2. The number of nitrogen functional groups attached to an aromatic ring is 1. The summed E-state index contributed by atoms with van der Waals surface area (Å²) >= 11 is 0. The second kappa shape index (κ2) is 4.30. The number of benzene rings is 1. The van der Waals surface area contributed by atoms with Gasteiger partial charge in [-0.15, -0.1) is 0 Å². The first-order chi connectivity index (χ1) is 9.79. The zero-order chi connectivity index (χ0) is 13.5. The molecule has 3 aromatic rings. The quantitative estimate of drug-likeness (QED) is 0.742. The third-order valence-corrected chi connectivity index (χ3v) is 3.78. The van der Waals surface area contributed by atoms with E-state index in [1.807, 2.05) is 24.3 Å². The maximum absolute atomic E-state index is 6.02. The van der Waals surface area contributed by atoms with Crippen molar-refractivity contribution in [1.82, 2.24) is 19.9 Å². The first kappa shape index (κ1) is 11.4. The predicted octanol–water partition coefficient (Wildman–Crippen LogP) is 2.01. The van der Waals surface area contributed by atoms with Gasteiger partial charge in [-0.25, -0.2) is 15.0 Å². The van der Waals surface area contributed by atoms with Crippen molar-refractivity contribution in [2.45, 2.75) is 25.7 Å². The van der Waals surface area contributed by atoms with Gasteiger partial charge >= 0.3 is 0 Å². The fourth-order valence-corrected chi connectivity index (χ4v) is 2.83. The smallest absolute Gasteiger partial charge is 0.138 e. The minimum atomic E-state index is 0.589. The third-order valence-electron chi connectivity index (χ3n) is 3.78. The van der Waals surface area contributed by atoms with Crippen molar-refractivity contribution < 1.29 is 0 Å². The van der Waals surface area contributed by atoms with Crippen LogP contribution in [0.5, 0.6) is 0 Å². The lowest BCUT2D eigenvalue weighted by molar-refractivity contribution is 0.873. The molecule has 3 N–H and O–H groups in total. The summed E-state index contributed by atoms with van der Waals surface area (Å²) in [5.41, 5.74) is 10.3. The summed E-state index contributed by atoms with van der Waals surface area (Å²) in [5, 5.41) is 0. The van der Waals surface area contributed by atoms with E-state index in [1.165, 1.54) is 0 Å². The number of aromatic amines is 1. The monoisotopic (exact) mass is 265 g/mol. The largest absolute Gasteiger partial charge is 0.383 e. The maximum Gasteiger partial charge on any atom is 0.138 e. The molecule has 0 fully saturated rings. The van der Waals surface area contributed by atoms with E-state index in [1.54, 1.807) is 0 Å². The maximum atomic E-state index is 6.02. The summed E-state index contributed by atoms with van der Waals surface area (Å²) in [6.45, 7) is 0. The molecule has 4 rings (SSSR count). The van der Waals surface area contributed by atoms with E-state index in [0.717, 1.165) is 53.2 Å². The van der Waals surface area contributed by atoms with Gasteiger partial charge in [-0.05, 0) is 31.4 Å². The van der Waals surface area contributed by atoms with Gasteiger partial charge < -0.3 is 10.7 Å². The number of hydrogen-bond donors (Lipinski definition) is 2. The van der Waals surface area contributed by atoms with Crippen LogP contribution in [0.15, 0.2) is 24.3 Å². The van der Waals surface area contributed by atoms with E-state index in [0.29, 0.717) is 12.2 Å². The highest BCUT2D eigenvalue weighted by molar-refractivity contribution is 5.74. The van der Waals surface area contributed by atoms with Crippen LogP contribution in [0.2, 0.25) is 0 Å². The Morgan fingerprint density at radius 2 is 2.00 bits per heavy atom. The van der Waals surface area contributed by atoms with Gasteiger partial charge in [0.15, 0.2) is 0 Å². The lowest BCUT2D eigenvalue weighted by Crippen LogP contribution is -2.06. The third kappa shape index (κ3) is 1.82. The molecule has 1 aliphatic rings. The van der Waals surface area contributed by atoms with Gasteiger partial charge in [0, 0.05) is 11.3 Å². The normalized spacial score (nSPS) is 13.8. The Hall–Kier alpha value is -2.43. The lowest BCUT2D eigenvalue weighted by atomic mass is 10.2. The summed E-state index contributed by atoms with van der Waals surface area (Å²) in [4.78, 5) is 16.9. The van der Waals surface area contributed by atoms with E-state index in [4.69, 9.17) is 5.73 Å². The highest BCUT2D eigenvalue weighted by atomic mass is 15.0. The number of nitrogens with zero attached hydrogens (tertiary/aromatic N) is 3. The van der Waals surface area contributed by atoms with Crippen molar-refractivity contribution in [2.75, 3.05) is 5.73 Å². The Bertz CT molecular complexity index is 757. The van der Waals surface area contributed by atoms with E-state index in [2.05, 4.69) is 19.9 Å². The molecule has 0 radical (unpaired) electrons. The summed E-state index contributed by atoms with van der Waals surface area (Å²) in [5.74, 6) is 2.27. The second-order valence-electron chi connectivity index (χ2n) is 5.18. The predicted molar refractivity (Wildman–Crippen MR) is 77.4 cm³/mol.